The highest BCUT2D eigenvalue weighted by atomic mass is 32.2. The summed E-state index contributed by atoms with van der Waals surface area (Å²) in [5, 5.41) is 13.3. The van der Waals surface area contributed by atoms with Crippen LogP contribution in [0.1, 0.15) is 5.56 Å². The van der Waals surface area contributed by atoms with Crippen LogP contribution in [0.2, 0.25) is 0 Å². The molecule has 2 rings (SSSR count). The summed E-state index contributed by atoms with van der Waals surface area (Å²) >= 11 is 0. The van der Waals surface area contributed by atoms with Crippen molar-refractivity contribution in [1.82, 2.24) is 9.78 Å². The van der Waals surface area contributed by atoms with Crippen molar-refractivity contribution in [3.8, 4) is 17.3 Å². The zero-order chi connectivity index (χ0) is 13.3. The molecule has 0 N–H and O–H groups in total. The summed E-state index contributed by atoms with van der Waals surface area (Å²) in [5.41, 5.74) is 1.20. The van der Waals surface area contributed by atoms with Crippen LogP contribution in [-0.4, -0.2) is 24.5 Å². The minimum absolute atomic E-state index is 0.0520. The van der Waals surface area contributed by atoms with Gasteiger partial charge in [-0.15, -0.1) is 0 Å². The first kappa shape index (κ1) is 12.3. The number of hydrogen-bond donors (Lipinski definition) is 0. The van der Waals surface area contributed by atoms with Crippen LogP contribution >= 0.6 is 0 Å². The first-order valence-electron chi connectivity index (χ1n) is 5.17. The van der Waals surface area contributed by atoms with Gasteiger partial charge in [0.1, 0.15) is 17.3 Å². The lowest BCUT2D eigenvalue weighted by Gasteiger charge is -1.98. The van der Waals surface area contributed by atoms with Gasteiger partial charge in [0.15, 0.2) is 14.9 Å². The van der Waals surface area contributed by atoms with Crippen LogP contribution in [0.3, 0.4) is 0 Å². The second kappa shape index (κ2) is 4.27. The highest BCUT2D eigenvalue weighted by molar-refractivity contribution is 7.90. The molecule has 0 bridgehead atoms. The highest BCUT2D eigenvalue weighted by Crippen LogP contribution is 2.26. The van der Waals surface area contributed by atoms with Gasteiger partial charge in [0, 0.05) is 18.9 Å². The van der Waals surface area contributed by atoms with Gasteiger partial charge in [0.25, 0.3) is 0 Å². The zero-order valence-corrected chi connectivity index (χ0v) is 10.8. The van der Waals surface area contributed by atoms with Gasteiger partial charge in [-0.05, 0) is 0 Å². The van der Waals surface area contributed by atoms with Crippen LogP contribution in [0, 0.1) is 11.3 Å². The van der Waals surface area contributed by atoms with Crippen LogP contribution in [0.5, 0.6) is 0 Å². The van der Waals surface area contributed by atoms with Crippen LogP contribution in [0.15, 0.2) is 35.4 Å². The third kappa shape index (κ3) is 2.00. The van der Waals surface area contributed by atoms with Gasteiger partial charge >= 0.3 is 0 Å². The molecule has 0 saturated heterocycles. The summed E-state index contributed by atoms with van der Waals surface area (Å²) < 4.78 is 24.6. The Labute approximate surface area is 105 Å². The molecule has 0 radical (unpaired) electrons. The largest absolute Gasteiger partial charge is 0.255 e. The third-order valence-corrected chi connectivity index (χ3v) is 3.68. The molecule has 0 spiro atoms. The number of nitrogens with zero attached hydrogens (tertiary/aromatic N) is 3. The summed E-state index contributed by atoms with van der Waals surface area (Å²) in [6.45, 7) is 0. The second-order valence-corrected chi connectivity index (χ2v) is 5.83. The molecule has 6 heteroatoms. The number of benzene rings is 1. The van der Waals surface area contributed by atoms with Gasteiger partial charge in [-0.25, -0.2) is 8.42 Å². The predicted molar refractivity (Wildman–Crippen MR) is 66.5 cm³/mol. The molecule has 1 aromatic carbocycles. The van der Waals surface area contributed by atoms with E-state index >= 15 is 0 Å². The standard InChI is InChI=1S/C12H11N3O2S/c1-15-12(18(2,16)17)10(8-13)11(14-15)9-6-4-3-5-7-9/h3-7H,1-2H3. The van der Waals surface area contributed by atoms with Crippen molar-refractivity contribution in [1.29, 1.82) is 5.26 Å². The number of aryl methyl sites for hydroxylation is 1. The molecule has 0 atom stereocenters. The molecule has 1 heterocycles. The van der Waals surface area contributed by atoms with Crippen LogP contribution in [0.4, 0.5) is 0 Å². The molecule has 5 nitrogen and oxygen atoms in total. The monoisotopic (exact) mass is 261 g/mol. The van der Waals surface area contributed by atoms with Crippen LogP contribution < -0.4 is 0 Å². The smallest absolute Gasteiger partial charge is 0.193 e. The molecule has 0 aliphatic carbocycles. The number of aromatic nitrogens is 2. The molecule has 0 aliphatic heterocycles. The fourth-order valence-electron chi connectivity index (χ4n) is 1.83. The zero-order valence-electron chi connectivity index (χ0n) is 9.95. The fraction of sp³-hybridized carbons (Fsp3) is 0.167. The first-order valence-corrected chi connectivity index (χ1v) is 7.07. The van der Waals surface area contributed by atoms with Crippen molar-refractivity contribution >= 4 is 9.84 Å². The second-order valence-electron chi connectivity index (χ2n) is 3.90. The van der Waals surface area contributed by atoms with E-state index in [0.717, 1.165) is 11.8 Å². The molecule has 0 amide bonds. The molecule has 92 valence electrons. The maximum atomic E-state index is 11.7. The van der Waals surface area contributed by atoms with E-state index in [1.165, 1.54) is 11.7 Å². The van der Waals surface area contributed by atoms with Gasteiger partial charge in [0.2, 0.25) is 0 Å². The summed E-state index contributed by atoms with van der Waals surface area (Å²) in [6, 6.07) is 11.0. The number of sulfone groups is 1. The molecule has 0 saturated carbocycles. The van der Waals surface area contributed by atoms with Gasteiger partial charge in [-0.1, -0.05) is 30.3 Å². The van der Waals surface area contributed by atoms with E-state index in [9.17, 15) is 8.42 Å². The number of rotatable bonds is 2. The molecule has 0 unspecified atom stereocenters. The molecular weight excluding hydrogens is 250 g/mol. The van der Waals surface area contributed by atoms with Crippen molar-refractivity contribution in [3.05, 3.63) is 35.9 Å². The van der Waals surface area contributed by atoms with Crippen molar-refractivity contribution in [2.45, 2.75) is 5.03 Å². The Bertz CT molecular complexity index is 725. The number of hydrogen-bond acceptors (Lipinski definition) is 4. The van der Waals surface area contributed by atoms with E-state index in [-0.39, 0.29) is 10.6 Å². The van der Waals surface area contributed by atoms with Gasteiger partial charge in [-0.2, -0.15) is 10.4 Å². The Morgan fingerprint density at radius 3 is 2.39 bits per heavy atom. The minimum atomic E-state index is -3.49. The summed E-state index contributed by atoms with van der Waals surface area (Å²) in [6.07, 6.45) is 1.07. The summed E-state index contributed by atoms with van der Waals surface area (Å²) in [5.74, 6) is 0. The Kier molecular flexibility index (Phi) is 2.93. The average molecular weight is 261 g/mol. The lowest BCUT2D eigenvalue weighted by Crippen LogP contribution is -2.06. The molecule has 18 heavy (non-hydrogen) atoms. The van der Waals surface area contributed by atoms with E-state index in [1.54, 1.807) is 12.1 Å². The maximum Gasteiger partial charge on any atom is 0.193 e. The van der Waals surface area contributed by atoms with E-state index in [1.807, 2.05) is 24.3 Å². The quantitative estimate of drug-likeness (QED) is 0.818. The molecule has 2 aromatic rings. The van der Waals surface area contributed by atoms with Gasteiger partial charge in [-0.3, -0.25) is 4.68 Å². The van der Waals surface area contributed by atoms with E-state index in [0.29, 0.717) is 5.69 Å². The Hall–Kier alpha value is -2.13. The first-order chi connectivity index (χ1) is 8.45. The van der Waals surface area contributed by atoms with Crippen LogP contribution in [-0.2, 0) is 16.9 Å². The normalized spacial score (nSPS) is 11.2. The van der Waals surface area contributed by atoms with Gasteiger partial charge in [0.05, 0.1) is 0 Å². The topological polar surface area (TPSA) is 75.8 Å². The summed E-state index contributed by atoms with van der Waals surface area (Å²) in [7, 11) is -1.97. The maximum absolute atomic E-state index is 11.7. The predicted octanol–water partition coefficient (Wildman–Crippen LogP) is 1.36. The molecular formula is C12H11N3O2S. The van der Waals surface area contributed by atoms with Gasteiger partial charge < -0.3 is 0 Å². The van der Waals surface area contributed by atoms with Crippen molar-refractivity contribution < 1.29 is 8.42 Å². The minimum Gasteiger partial charge on any atom is -0.255 e. The molecule has 0 fully saturated rings. The molecule has 0 aliphatic rings. The third-order valence-electron chi connectivity index (χ3n) is 2.50. The highest BCUT2D eigenvalue weighted by Gasteiger charge is 2.24. The Morgan fingerprint density at radius 2 is 1.89 bits per heavy atom. The average Bonchev–Trinajstić information content (AvgIpc) is 2.67. The van der Waals surface area contributed by atoms with Crippen LogP contribution in [0.25, 0.3) is 11.3 Å². The summed E-state index contributed by atoms with van der Waals surface area (Å²) in [4.78, 5) is 0. The van der Waals surface area contributed by atoms with E-state index in [4.69, 9.17) is 5.26 Å². The van der Waals surface area contributed by atoms with Crippen molar-refractivity contribution in [2.75, 3.05) is 6.26 Å². The number of nitriles is 1. The lowest BCUT2D eigenvalue weighted by molar-refractivity contribution is 0.582. The van der Waals surface area contributed by atoms with E-state index in [2.05, 4.69) is 5.10 Å². The lowest BCUT2D eigenvalue weighted by atomic mass is 10.1. The Balaban J connectivity index is 2.78. The Morgan fingerprint density at radius 1 is 1.28 bits per heavy atom. The van der Waals surface area contributed by atoms with E-state index < -0.39 is 9.84 Å². The van der Waals surface area contributed by atoms with Crippen molar-refractivity contribution in [2.24, 2.45) is 7.05 Å². The fourth-order valence-corrected chi connectivity index (χ4v) is 2.87. The van der Waals surface area contributed by atoms with Crippen molar-refractivity contribution in [3.63, 3.8) is 0 Å². The SMILES string of the molecule is Cn1nc(-c2ccccc2)c(C#N)c1S(C)(=O)=O. The molecule has 1 aromatic heterocycles.